The molecule has 0 radical (unpaired) electrons. The molecule has 0 aromatic rings. The van der Waals surface area contributed by atoms with E-state index in [0.717, 1.165) is 38.9 Å². The molecule has 116 valence electrons. The highest BCUT2D eigenvalue weighted by Gasteiger charge is 2.14. The molecule has 1 atom stereocenters. The van der Waals surface area contributed by atoms with Crippen LogP contribution in [-0.4, -0.2) is 50.6 Å². The lowest BCUT2D eigenvalue weighted by molar-refractivity contribution is 0.293. The maximum absolute atomic E-state index is 11.8. The van der Waals surface area contributed by atoms with Crippen molar-refractivity contribution in [2.45, 2.75) is 52.5 Å². The lowest BCUT2D eigenvalue weighted by atomic mass is 10.2. The van der Waals surface area contributed by atoms with Gasteiger partial charge in [-0.2, -0.15) is 0 Å². The first-order valence-corrected chi connectivity index (χ1v) is 9.42. The minimum Gasteiger partial charge on any atom is -0.304 e. The van der Waals surface area contributed by atoms with Gasteiger partial charge in [0.25, 0.3) is 0 Å². The van der Waals surface area contributed by atoms with Crippen molar-refractivity contribution >= 4 is 21.6 Å². The predicted molar refractivity (Wildman–Crippen MR) is 83.4 cm³/mol. The second kappa shape index (κ2) is 10.9. The van der Waals surface area contributed by atoms with E-state index in [9.17, 15) is 8.42 Å². The number of sulfonamides is 1. The lowest BCUT2D eigenvalue weighted by Crippen LogP contribution is -2.35. The molecule has 6 heteroatoms. The fourth-order valence-corrected chi connectivity index (χ4v) is 3.59. The molecular formula is C13H29ClN2O2S. The van der Waals surface area contributed by atoms with Crippen molar-refractivity contribution in [1.29, 1.82) is 0 Å². The first-order valence-electron chi connectivity index (χ1n) is 7.23. The van der Waals surface area contributed by atoms with Gasteiger partial charge in [-0.3, -0.25) is 0 Å². The topological polar surface area (TPSA) is 49.4 Å². The maximum Gasteiger partial charge on any atom is 0.211 e. The van der Waals surface area contributed by atoms with E-state index in [0.29, 0.717) is 12.3 Å². The van der Waals surface area contributed by atoms with Gasteiger partial charge >= 0.3 is 0 Å². The molecular weight excluding hydrogens is 284 g/mol. The Hall–Kier alpha value is 0.160. The summed E-state index contributed by atoms with van der Waals surface area (Å²) in [7, 11) is -3.14. The quantitative estimate of drug-likeness (QED) is 0.445. The average Bonchev–Trinajstić information content (AvgIpc) is 2.34. The number of hydrogen-bond donors (Lipinski definition) is 1. The van der Waals surface area contributed by atoms with Crippen LogP contribution in [0.3, 0.4) is 0 Å². The third-order valence-electron chi connectivity index (χ3n) is 3.18. The number of rotatable bonds is 12. The molecule has 0 amide bonds. The number of nitrogens with zero attached hydrogens (tertiary/aromatic N) is 1. The summed E-state index contributed by atoms with van der Waals surface area (Å²) >= 11 is 5.54. The Bertz CT molecular complexity index is 306. The normalized spacial score (nSPS) is 13.9. The zero-order chi connectivity index (χ0) is 14.7. The summed E-state index contributed by atoms with van der Waals surface area (Å²) in [6.07, 6.45) is 3.28. The molecule has 0 rings (SSSR count). The molecule has 0 heterocycles. The fourth-order valence-electron chi connectivity index (χ4n) is 1.97. The van der Waals surface area contributed by atoms with Gasteiger partial charge in [0.1, 0.15) is 0 Å². The van der Waals surface area contributed by atoms with Gasteiger partial charge in [0.05, 0.1) is 5.75 Å². The molecule has 1 N–H and O–H groups in total. The van der Waals surface area contributed by atoms with Gasteiger partial charge in [-0.1, -0.05) is 13.8 Å². The average molecular weight is 313 g/mol. The number of hydrogen-bond acceptors (Lipinski definition) is 3. The molecule has 19 heavy (non-hydrogen) atoms. The molecule has 4 nitrogen and oxygen atoms in total. The van der Waals surface area contributed by atoms with Gasteiger partial charge in [-0.25, -0.2) is 13.1 Å². The highest BCUT2D eigenvalue weighted by atomic mass is 35.5. The fraction of sp³-hybridized carbons (Fsp3) is 1.00. The van der Waals surface area contributed by atoms with Crippen LogP contribution in [0.2, 0.25) is 0 Å². The summed E-state index contributed by atoms with van der Waals surface area (Å²) in [5, 5.41) is 0. The molecule has 1 unspecified atom stereocenters. The molecule has 0 aliphatic carbocycles. The maximum atomic E-state index is 11.8. The van der Waals surface area contributed by atoms with Crippen LogP contribution in [-0.2, 0) is 10.0 Å². The third kappa shape index (κ3) is 10.6. The van der Waals surface area contributed by atoms with Crippen LogP contribution >= 0.6 is 11.6 Å². The number of nitrogens with one attached hydrogen (secondary N) is 1. The molecule has 0 aromatic heterocycles. The largest absolute Gasteiger partial charge is 0.304 e. The molecule has 0 aliphatic heterocycles. The summed E-state index contributed by atoms with van der Waals surface area (Å²) in [4.78, 5) is 2.35. The molecule has 0 fully saturated rings. The van der Waals surface area contributed by atoms with E-state index in [4.69, 9.17) is 11.6 Å². The molecule has 0 spiro atoms. The Kier molecular flexibility index (Phi) is 11.0. The van der Waals surface area contributed by atoms with Crippen LogP contribution in [0.4, 0.5) is 0 Å². The minimum atomic E-state index is -3.14. The van der Waals surface area contributed by atoms with Gasteiger partial charge in [0, 0.05) is 11.9 Å². The van der Waals surface area contributed by atoms with E-state index in [1.165, 1.54) is 0 Å². The van der Waals surface area contributed by atoms with E-state index >= 15 is 0 Å². The van der Waals surface area contributed by atoms with Crippen molar-refractivity contribution in [2.75, 3.05) is 31.3 Å². The Balaban J connectivity index is 3.86. The Morgan fingerprint density at radius 2 is 1.79 bits per heavy atom. The van der Waals surface area contributed by atoms with Crippen LogP contribution < -0.4 is 4.72 Å². The van der Waals surface area contributed by atoms with Crippen molar-refractivity contribution in [3.05, 3.63) is 0 Å². The van der Waals surface area contributed by atoms with Gasteiger partial charge in [0.15, 0.2) is 0 Å². The van der Waals surface area contributed by atoms with Crippen LogP contribution in [0.5, 0.6) is 0 Å². The number of alkyl halides is 1. The summed E-state index contributed by atoms with van der Waals surface area (Å²) in [5.74, 6) is 0.703. The van der Waals surface area contributed by atoms with Crippen molar-refractivity contribution in [3.63, 3.8) is 0 Å². The molecule has 0 aromatic carbocycles. The van der Waals surface area contributed by atoms with Gasteiger partial charge in [0.2, 0.25) is 10.0 Å². The van der Waals surface area contributed by atoms with Gasteiger partial charge < -0.3 is 4.90 Å². The first-order chi connectivity index (χ1) is 8.95. The third-order valence-corrected chi connectivity index (χ3v) is 5.04. The SMILES string of the molecule is CCN(CC)CCCC(C)NS(=O)(=O)CCCCCl. The standard InChI is InChI=1S/C13H29ClN2O2S/c1-4-16(5-2)11-8-9-13(3)15-19(17,18)12-7-6-10-14/h13,15H,4-12H2,1-3H3. The summed E-state index contributed by atoms with van der Waals surface area (Å²) < 4.78 is 26.3. The van der Waals surface area contributed by atoms with Crippen molar-refractivity contribution < 1.29 is 8.42 Å². The molecule has 0 aliphatic rings. The molecule has 0 saturated carbocycles. The van der Waals surface area contributed by atoms with E-state index in [1.807, 2.05) is 6.92 Å². The van der Waals surface area contributed by atoms with E-state index < -0.39 is 10.0 Å². The minimum absolute atomic E-state index is 0.0107. The first kappa shape index (κ1) is 19.2. The highest BCUT2D eigenvalue weighted by Crippen LogP contribution is 2.03. The zero-order valence-corrected chi connectivity index (χ0v) is 14.1. The zero-order valence-electron chi connectivity index (χ0n) is 12.5. The van der Waals surface area contributed by atoms with Crippen molar-refractivity contribution in [2.24, 2.45) is 0 Å². The monoisotopic (exact) mass is 312 g/mol. The molecule has 0 bridgehead atoms. The number of unbranched alkanes of at least 4 members (excludes halogenated alkanes) is 1. The van der Waals surface area contributed by atoms with Gasteiger partial charge in [-0.15, -0.1) is 11.6 Å². The Morgan fingerprint density at radius 1 is 1.16 bits per heavy atom. The molecule has 0 saturated heterocycles. The number of halogens is 1. The summed E-state index contributed by atoms with van der Waals surface area (Å²) in [6.45, 7) is 9.36. The van der Waals surface area contributed by atoms with Crippen LogP contribution in [0.1, 0.15) is 46.5 Å². The second-order valence-electron chi connectivity index (χ2n) is 4.90. The van der Waals surface area contributed by atoms with Crippen LogP contribution in [0.25, 0.3) is 0 Å². The lowest BCUT2D eigenvalue weighted by Gasteiger charge is -2.19. The van der Waals surface area contributed by atoms with Crippen molar-refractivity contribution in [1.82, 2.24) is 9.62 Å². The second-order valence-corrected chi connectivity index (χ2v) is 7.15. The highest BCUT2D eigenvalue weighted by molar-refractivity contribution is 7.89. The predicted octanol–water partition coefficient (Wildman–Crippen LogP) is 2.44. The van der Waals surface area contributed by atoms with Crippen LogP contribution in [0.15, 0.2) is 0 Å². The summed E-state index contributed by atoms with van der Waals surface area (Å²) in [6, 6.07) is 0.0107. The van der Waals surface area contributed by atoms with E-state index in [-0.39, 0.29) is 11.8 Å². The van der Waals surface area contributed by atoms with E-state index in [1.54, 1.807) is 0 Å². The Morgan fingerprint density at radius 3 is 2.32 bits per heavy atom. The summed E-state index contributed by atoms with van der Waals surface area (Å²) in [5.41, 5.74) is 0. The smallest absolute Gasteiger partial charge is 0.211 e. The van der Waals surface area contributed by atoms with E-state index in [2.05, 4.69) is 23.5 Å². The van der Waals surface area contributed by atoms with Crippen molar-refractivity contribution in [3.8, 4) is 0 Å². The Labute approximate surface area is 123 Å². The van der Waals surface area contributed by atoms with Crippen LogP contribution in [0, 0.1) is 0 Å². The van der Waals surface area contributed by atoms with Gasteiger partial charge in [-0.05, 0) is 52.2 Å².